The minimum absolute atomic E-state index is 0.0797. The molecule has 2 aromatic heterocycles. The number of aromatic nitrogens is 3. The number of hydrogen-bond donors (Lipinski definition) is 0. The van der Waals surface area contributed by atoms with Crippen LogP contribution in [-0.4, -0.2) is 26.0 Å². The molecule has 0 radical (unpaired) electrons. The van der Waals surface area contributed by atoms with Crippen LogP contribution in [0.4, 0.5) is 5.69 Å². The minimum atomic E-state index is -0.386. The first-order valence-corrected chi connectivity index (χ1v) is 6.79. The van der Waals surface area contributed by atoms with E-state index in [1.807, 2.05) is 13.0 Å². The van der Waals surface area contributed by atoms with Gasteiger partial charge in [0.05, 0.1) is 11.1 Å². The average molecular weight is 311 g/mol. The lowest BCUT2D eigenvalue weighted by Crippen LogP contribution is -1.95. The van der Waals surface area contributed by atoms with E-state index in [0.717, 1.165) is 5.56 Å². The van der Waals surface area contributed by atoms with Gasteiger partial charge in [0.15, 0.2) is 0 Å². The zero-order chi connectivity index (χ0) is 16.4. The van der Waals surface area contributed by atoms with Crippen molar-refractivity contribution in [2.45, 2.75) is 13.8 Å². The predicted octanol–water partition coefficient (Wildman–Crippen LogP) is 2.95. The molecule has 0 saturated carbocycles. The van der Waals surface area contributed by atoms with E-state index < -0.39 is 0 Å². The van der Waals surface area contributed by atoms with Gasteiger partial charge in [-0.2, -0.15) is 5.10 Å². The van der Waals surface area contributed by atoms with Gasteiger partial charge in [-0.1, -0.05) is 0 Å². The molecule has 116 valence electrons. The van der Waals surface area contributed by atoms with Crippen molar-refractivity contribution >= 4 is 11.9 Å². The van der Waals surface area contributed by atoms with E-state index in [4.69, 9.17) is 4.42 Å². The Morgan fingerprint density at radius 2 is 2.00 bits per heavy atom. The molecule has 0 aliphatic carbocycles. The highest BCUT2D eigenvalue weighted by Gasteiger charge is 2.17. The molecule has 0 amide bonds. The van der Waals surface area contributed by atoms with E-state index in [0.29, 0.717) is 22.6 Å². The Morgan fingerprint density at radius 1 is 1.26 bits per heavy atom. The van der Waals surface area contributed by atoms with Gasteiger partial charge in [0.1, 0.15) is 24.2 Å². The van der Waals surface area contributed by atoms with Gasteiger partial charge >= 0.3 is 0 Å². The second kappa shape index (κ2) is 5.84. The summed E-state index contributed by atoms with van der Waals surface area (Å²) >= 11 is 0. The second-order valence-electron chi connectivity index (χ2n) is 5.00. The molecule has 0 saturated heterocycles. The van der Waals surface area contributed by atoms with E-state index in [2.05, 4.69) is 15.3 Å². The topological polar surface area (TPSA) is 99.3 Å². The van der Waals surface area contributed by atoms with Crippen molar-refractivity contribution in [3.05, 3.63) is 63.9 Å². The van der Waals surface area contributed by atoms with E-state index in [-0.39, 0.29) is 10.6 Å². The van der Waals surface area contributed by atoms with E-state index >= 15 is 0 Å². The first kappa shape index (κ1) is 14.6. The van der Waals surface area contributed by atoms with Gasteiger partial charge in [-0.05, 0) is 37.6 Å². The first-order chi connectivity index (χ1) is 11.0. The summed E-state index contributed by atoms with van der Waals surface area (Å²) in [5, 5.41) is 22.5. The molecule has 8 heteroatoms. The van der Waals surface area contributed by atoms with Gasteiger partial charge < -0.3 is 4.42 Å². The Labute approximate surface area is 131 Å². The smallest absolute Gasteiger partial charge is 0.273 e. The van der Waals surface area contributed by atoms with Crippen LogP contribution in [0.1, 0.15) is 16.9 Å². The summed E-state index contributed by atoms with van der Waals surface area (Å²) in [6, 6.07) is 6.92. The lowest BCUT2D eigenvalue weighted by atomic mass is 10.0. The molecule has 0 unspecified atom stereocenters. The number of rotatable bonds is 4. The van der Waals surface area contributed by atoms with Crippen LogP contribution < -0.4 is 0 Å². The largest absolute Gasteiger partial charge is 0.455 e. The number of benzene rings is 1. The van der Waals surface area contributed by atoms with Gasteiger partial charge in [-0.15, -0.1) is 10.2 Å². The summed E-state index contributed by atoms with van der Waals surface area (Å²) in [7, 11) is 0. The molecule has 2 heterocycles. The van der Waals surface area contributed by atoms with Crippen LogP contribution in [0.2, 0.25) is 0 Å². The molecule has 0 aliphatic rings. The van der Waals surface area contributed by atoms with Gasteiger partial charge in [0.2, 0.25) is 0 Å². The van der Waals surface area contributed by atoms with Gasteiger partial charge in [-0.3, -0.25) is 10.1 Å². The van der Waals surface area contributed by atoms with E-state index in [1.165, 1.54) is 23.5 Å². The van der Waals surface area contributed by atoms with Crippen LogP contribution >= 0.6 is 0 Å². The average Bonchev–Trinajstić information content (AvgIpc) is 3.17. The standard InChI is InChI=1S/C15H13N5O3/c1-10-5-13(11(2)14(6-10)20(21)22)15-4-3-12(23-15)7-18-19-8-16-17-9-19/h3-9H,1-2H3. The maximum absolute atomic E-state index is 11.1. The number of nitrogens with zero attached hydrogens (tertiary/aromatic N) is 5. The monoisotopic (exact) mass is 311 g/mol. The fourth-order valence-electron chi connectivity index (χ4n) is 2.23. The minimum Gasteiger partial charge on any atom is -0.455 e. The Hall–Kier alpha value is -3.29. The molecule has 0 aliphatic heterocycles. The molecule has 0 bridgehead atoms. The molecule has 1 aromatic carbocycles. The SMILES string of the molecule is Cc1cc(-c2ccc(C=Nn3cnnc3)o2)c(C)c([N+](=O)[O-])c1. The fourth-order valence-corrected chi connectivity index (χ4v) is 2.23. The Bertz CT molecular complexity index is 881. The Balaban J connectivity index is 1.96. The van der Waals surface area contributed by atoms with Crippen LogP contribution in [0, 0.1) is 24.0 Å². The highest BCUT2D eigenvalue weighted by Crippen LogP contribution is 2.32. The fraction of sp³-hybridized carbons (Fsp3) is 0.133. The maximum atomic E-state index is 11.1. The van der Waals surface area contributed by atoms with Crippen LogP contribution in [0.15, 0.2) is 46.4 Å². The quantitative estimate of drug-likeness (QED) is 0.419. The van der Waals surface area contributed by atoms with Crippen molar-refractivity contribution < 1.29 is 9.34 Å². The van der Waals surface area contributed by atoms with Crippen molar-refractivity contribution in [1.82, 2.24) is 14.9 Å². The summed E-state index contributed by atoms with van der Waals surface area (Å²) in [6.45, 7) is 3.52. The molecule has 8 nitrogen and oxygen atoms in total. The van der Waals surface area contributed by atoms with Crippen LogP contribution in [-0.2, 0) is 0 Å². The summed E-state index contributed by atoms with van der Waals surface area (Å²) in [6.07, 6.45) is 4.43. The third-order valence-electron chi connectivity index (χ3n) is 3.34. The lowest BCUT2D eigenvalue weighted by Gasteiger charge is -2.05. The summed E-state index contributed by atoms with van der Waals surface area (Å²) in [5.41, 5.74) is 2.14. The van der Waals surface area contributed by atoms with Crippen molar-refractivity contribution in [3.63, 3.8) is 0 Å². The van der Waals surface area contributed by atoms with Crippen molar-refractivity contribution in [2.75, 3.05) is 0 Å². The van der Waals surface area contributed by atoms with Gasteiger partial charge in [-0.25, -0.2) is 4.68 Å². The molecule has 23 heavy (non-hydrogen) atoms. The molecule has 0 atom stereocenters. The number of nitro groups is 1. The molecule has 0 fully saturated rings. The van der Waals surface area contributed by atoms with Crippen molar-refractivity contribution in [2.24, 2.45) is 5.10 Å². The lowest BCUT2D eigenvalue weighted by molar-refractivity contribution is -0.385. The molecule has 0 spiro atoms. The zero-order valence-electron chi connectivity index (χ0n) is 12.5. The second-order valence-corrected chi connectivity index (χ2v) is 5.00. The molecule has 3 rings (SSSR count). The highest BCUT2D eigenvalue weighted by molar-refractivity contribution is 5.78. The van der Waals surface area contributed by atoms with Gasteiger partial charge in [0.25, 0.3) is 5.69 Å². The van der Waals surface area contributed by atoms with Crippen LogP contribution in [0.5, 0.6) is 0 Å². The number of hydrogen-bond acceptors (Lipinski definition) is 6. The molecular weight excluding hydrogens is 298 g/mol. The van der Waals surface area contributed by atoms with E-state index in [9.17, 15) is 10.1 Å². The summed E-state index contributed by atoms with van der Waals surface area (Å²) in [4.78, 5) is 10.8. The van der Waals surface area contributed by atoms with Crippen molar-refractivity contribution in [1.29, 1.82) is 0 Å². The molecule has 0 N–H and O–H groups in total. The Kier molecular flexibility index (Phi) is 3.71. The Morgan fingerprint density at radius 3 is 2.70 bits per heavy atom. The normalized spacial score (nSPS) is 11.2. The number of nitro benzene ring substituents is 1. The van der Waals surface area contributed by atoms with E-state index in [1.54, 1.807) is 25.1 Å². The molecule has 3 aromatic rings. The maximum Gasteiger partial charge on any atom is 0.273 e. The van der Waals surface area contributed by atoms with Crippen molar-refractivity contribution in [3.8, 4) is 11.3 Å². The highest BCUT2D eigenvalue weighted by atomic mass is 16.6. The third kappa shape index (κ3) is 3.00. The summed E-state index contributed by atoms with van der Waals surface area (Å²) < 4.78 is 7.15. The predicted molar refractivity (Wildman–Crippen MR) is 83.3 cm³/mol. The summed E-state index contributed by atoms with van der Waals surface area (Å²) in [5.74, 6) is 1.08. The number of furan rings is 1. The first-order valence-electron chi connectivity index (χ1n) is 6.79. The molecular formula is C15H13N5O3. The zero-order valence-corrected chi connectivity index (χ0v) is 12.5. The van der Waals surface area contributed by atoms with Gasteiger partial charge in [0, 0.05) is 17.2 Å². The third-order valence-corrected chi connectivity index (χ3v) is 3.34. The van der Waals surface area contributed by atoms with Crippen LogP contribution in [0.25, 0.3) is 11.3 Å². The number of aryl methyl sites for hydroxylation is 1. The van der Waals surface area contributed by atoms with Crippen LogP contribution in [0.3, 0.4) is 0 Å².